The minimum absolute atomic E-state index is 0.755. The number of hydrogen-bond acceptors (Lipinski definition) is 5. The van der Waals surface area contributed by atoms with E-state index in [-0.39, 0.29) is 0 Å². The van der Waals surface area contributed by atoms with Crippen LogP contribution in [0.4, 0.5) is 17.3 Å². The van der Waals surface area contributed by atoms with Crippen LogP contribution in [-0.2, 0) is 20.0 Å². The van der Waals surface area contributed by atoms with Gasteiger partial charge in [-0.2, -0.15) is 5.10 Å². The zero-order chi connectivity index (χ0) is 24.4. The van der Waals surface area contributed by atoms with Gasteiger partial charge in [-0.05, 0) is 68.9 Å². The van der Waals surface area contributed by atoms with Crippen molar-refractivity contribution in [2.75, 3.05) is 37.1 Å². The predicted octanol–water partition coefficient (Wildman–Crippen LogP) is 5.86. The molecule has 0 fully saturated rings. The molecule has 0 radical (unpaired) electrons. The Morgan fingerprint density at radius 3 is 2.35 bits per heavy atom. The third-order valence-electron chi connectivity index (χ3n) is 6.68. The van der Waals surface area contributed by atoms with Gasteiger partial charge in [0.25, 0.3) is 0 Å². The molecule has 0 saturated carbocycles. The number of fused-ring (bicyclic) bond motifs is 1. The molecule has 0 spiro atoms. The molecule has 2 aromatic carbocycles. The number of ether oxygens (including phenoxy) is 2. The van der Waals surface area contributed by atoms with Crippen LogP contribution in [0, 0.1) is 20.8 Å². The maximum absolute atomic E-state index is 5.55. The fourth-order valence-corrected chi connectivity index (χ4v) is 5.45. The molecule has 6 heteroatoms. The number of anilines is 3. The fourth-order valence-electron chi connectivity index (χ4n) is 5.45. The second-order valence-electron chi connectivity index (χ2n) is 9.36. The van der Waals surface area contributed by atoms with E-state index in [1.807, 2.05) is 6.07 Å². The van der Waals surface area contributed by atoms with Crippen LogP contribution in [0.15, 0.2) is 30.3 Å². The first-order valence-corrected chi connectivity index (χ1v) is 12.2. The standard InChI is InChI=1S/C28H38N4O2/c1-8-13-31(18-22-11-12-24(33-6)25(17-22)34-7)28-23-10-9-14-32(27(23)29-30(28)5)26-20(3)15-19(2)16-21(26)4/h11-12,15-17H,8-10,13-14,18H2,1-7H3. The van der Waals surface area contributed by atoms with Crippen LogP contribution in [0.2, 0.25) is 0 Å². The zero-order valence-electron chi connectivity index (χ0n) is 21.7. The van der Waals surface area contributed by atoms with Gasteiger partial charge in [0.05, 0.1) is 14.2 Å². The Morgan fingerprint density at radius 1 is 1.00 bits per heavy atom. The number of hydrogen-bond donors (Lipinski definition) is 0. The lowest BCUT2D eigenvalue weighted by molar-refractivity contribution is 0.354. The molecule has 2 heterocycles. The largest absolute Gasteiger partial charge is 0.493 e. The van der Waals surface area contributed by atoms with Gasteiger partial charge >= 0.3 is 0 Å². The Balaban J connectivity index is 1.73. The number of aryl methyl sites for hydroxylation is 4. The summed E-state index contributed by atoms with van der Waals surface area (Å²) in [6, 6.07) is 10.7. The average Bonchev–Trinajstić information content (AvgIpc) is 3.14. The molecule has 0 atom stereocenters. The van der Waals surface area contributed by atoms with Gasteiger partial charge < -0.3 is 19.3 Å². The van der Waals surface area contributed by atoms with Gasteiger partial charge in [0.2, 0.25) is 0 Å². The lowest BCUT2D eigenvalue weighted by Gasteiger charge is -2.32. The van der Waals surface area contributed by atoms with Crippen molar-refractivity contribution in [2.45, 2.75) is 53.5 Å². The highest BCUT2D eigenvalue weighted by Gasteiger charge is 2.30. The van der Waals surface area contributed by atoms with Crippen molar-refractivity contribution in [3.05, 3.63) is 58.1 Å². The summed E-state index contributed by atoms with van der Waals surface area (Å²) in [6.07, 6.45) is 3.23. The summed E-state index contributed by atoms with van der Waals surface area (Å²) in [4.78, 5) is 4.90. The third-order valence-corrected chi connectivity index (χ3v) is 6.68. The number of nitrogens with zero attached hydrogens (tertiary/aromatic N) is 4. The normalized spacial score (nSPS) is 13.1. The summed E-state index contributed by atoms with van der Waals surface area (Å²) in [5.74, 6) is 3.84. The van der Waals surface area contributed by atoms with Crippen LogP contribution in [0.3, 0.4) is 0 Å². The monoisotopic (exact) mass is 462 g/mol. The van der Waals surface area contributed by atoms with Gasteiger partial charge in [0, 0.05) is 37.9 Å². The second-order valence-corrected chi connectivity index (χ2v) is 9.36. The molecule has 182 valence electrons. The lowest BCUT2D eigenvalue weighted by Crippen LogP contribution is -2.29. The number of benzene rings is 2. The molecule has 6 nitrogen and oxygen atoms in total. The Hall–Kier alpha value is -3.15. The molecule has 0 N–H and O–H groups in total. The van der Waals surface area contributed by atoms with E-state index < -0.39 is 0 Å². The van der Waals surface area contributed by atoms with Crippen molar-refractivity contribution < 1.29 is 9.47 Å². The van der Waals surface area contributed by atoms with Crippen molar-refractivity contribution in [3.63, 3.8) is 0 Å². The fraction of sp³-hybridized carbons (Fsp3) is 0.464. The molecule has 34 heavy (non-hydrogen) atoms. The quantitative estimate of drug-likeness (QED) is 0.419. The van der Waals surface area contributed by atoms with Crippen LogP contribution < -0.4 is 19.3 Å². The van der Waals surface area contributed by atoms with E-state index in [0.717, 1.165) is 56.2 Å². The maximum atomic E-state index is 5.55. The molecule has 1 aliphatic heterocycles. The summed E-state index contributed by atoms with van der Waals surface area (Å²) >= 11 is 0. The molecule has 0 saturated heterocycles. The highest BCUT2D eigenvalue weighted by Crippen LogP contribution is 2.41. The van der Waals surface area contributed by atoms with Gasteiger partial charge in [-0.25, -0.2) is 0 Å². The average molecular weight is 463 g/mol. The summed E-state index contributed by atoms with van der Waals surface area (Å²) in [6.45, 7) is 11.6. The van der Waals surface area contributed by atoms with Crippen LogP contribution in [-0.4, -0.2) is 37.1 Å². The van der Waals surface area contributed by atoms with E-state index in [2.05, 4.69) is 73.5 Å². The molecular weight excluding hydrogens is 424 g/mol. The summed E-state index contributed by atoms with van der Waals surface area (Å²) < 4.78 is 13.1. The highest BCUT2D eigenvalue weighted by molar-refractivity contribution is 5.74. The Kier molecular flexibility index (Phi) is 7.05. The summed E-state index contributed by atoms with van der Waals surface area (Å²) in [5.41, 5.74) is 7.78. The molecule has 4 rings (SSSR count). The van der Waals surface area contributed by atoms with Crippen molar-refractivity contribution in [1.82, 2.24) is 9.78 Å². The maximum Gasteiger partial charge on any atom is 0.161 e. The van der Waals surface area contributed by atoms with Gasteiger partial charge in [-0.3, -0.25) is 4.68 Å². The number of aromatic nitrogens is 2. The lowest BCUT2D eigenvalue weighted by atomic mass is 10.00. The molecule has 0 unspecified atom stereocenters. The topological polar surface area (TPSA) is 42.8 Å². The van der Waals surface area contributed by atoms with E-state index in [1.165, 1.54) is 39.3 Å². The highest BCUT2D eigenvalue weighted by atomic mass is 16.5. The molecule has 3 aromatic rings. The van der Waals surface area contributed by atoms with E-state index in [1.54, 1.807) is 14.2 Å². The smallest absolute Gasteiger partial charge is 0.161 e. The molecule has 1 aliphatic rings. The van der Waals surface area contributed by atoms with E-state index in [4.69, 9.17) is 14.6 Å². The van der Waals surface area contributed by atoms with E-state index in [0.29, 0.717) is 0 Å². The Labute approximate surface area is 204 Å². The molecule has 0 amide bonds. The summed E-state index contributed by atoms with van der Waals surface area (Å²) in [7, 11) is 5.44. The Bertz CT molecular complexity index is 1140. The molecule has 0 bridgehead atoms. The van der Waals surface area contributed by atoms with Crippen LogP contribution in [0.5, 0.6) is 11.5 Å². The first-order chi connectivity index (χ1) is 16.4. The van der Waals surface area contributed by atoms with Crippen LogP contribution in [0.1, 0.15) is 47.6 Å². The van der Waals surface area contributed by atoms with E-state index >= 15 is 0 Å². The number of rotatable bonds is 8. The SMILES string of the molecule is CCCN(Cc1ccc(OC)c(OC)c1)c1c2c(nn1C)N(c1c(C)cc(C)cc1C)CCC2. The zero-order valence-corrected chi connectivity index (χ0v) is 21.7. The first kappa shape index (κ1) is 24.0. The molecule has 1 aromatic heterocycles. The van der Waals surface area contributed by atoms with Crippen molar-refractivity contribution in [1.29, 1.82) is 0 Å². The number of methoxy groups -OCH3 is 2. The van der Waals surface area contributed by atoms with Gasteiger partial charge in [0.1, 0.15) is 5.82 Å². The second kappa shape index (κ2) is 10.00. The van der Waals surface area contributed by atoms with E-state index in [9.17, 15) is 0 Å². The summed E-state index contributed by atoms with van der Waals surface area (Å²) in [5, 5.41) is 5.08. The minimum atomic E-state index is 0.755. The van der Waals surface area contributed by atoms with Crippen LogP contribution >= 0.6 is 0 Å². The van der Waals surface area contributed by atoms with Gasteiger partial charge in [0.15, 0.2) is 17.3 Å². The van der Waals surface area contributed by atoms with Crippen molar-refractivity contribution in [2.24, 2.45) is 7.05 Å². The predicted molar refractivity (Wildman–Crippen MR) is 140 cm³/mol. The Morgan fingerprint density at radius 2 is 1.71 bits per heavy atom. The minimum Gasteiger partial charge on any atom is -0.493 e. The van der Waals surface area contributed by atoms with Crippen molar-refractivity contribution in [3.8, 4) is 11.5 Å². The molecular formula is C28H38N4O2. The first-order valence-electron chi connectivity index (χ1n) is 12.2. The van der Waals surface area contributed by atoms with Crippen molar-refractivity contribution >= 4 is 17.3 Å². The molecule has 0 aliphatic carbocycles. The van der Waals surface area contributed by atoms with Gasteiger partial charge in [-0.1, -0.05) is 30.7 Å². The van der Waals surface area contributed by atoms with Crippen LogP contribution in [0.25, 0.3) is 0 Å². The van der Waals surface area contributed by atoms with Gasteiger partial charge in [-0.15, -0.1) is 0 Å². The third kappa shape index (κ3) is 4.46.